The van der Waals surface area contributed by atoms with E-state index < -0.39 is 0 Å². The maximum Gasteiger partial charge on any atom is 0.0175 e. The number of halogens is 2. The van der Waals surface area contributed by atoms with Crippen LogP contribution in [0.4, 0.5) is 0 Å². The van der Waals surface area contributed by atoms with E-state index in [1.54, 1.807) is 0 Å². The van der Waals surface area contributed by atoms with Crippen molar-refractivity contribution in [1.29, 1.82) is 0 Å². The summed E-state index contributed by atoms with van der Waals surface area (Å²) in [7, 11) is 0. The highest BCUT2D eigenvalue weighted by atomic mass is 79.9. The number of nitrogens with two attached hydrogens (primary N) is 1. The van der Waals surface area contributed by atoms with Crippen LogP contribution in [0.1, 0.15) is 19.4 Å². The Hall–Kier alpha value is -0.0500. The third-order valence-electron chi connectivity index (χ3n) is 2.15. The molecule has 1 aromatic rings. The molecule has 0 spiro atoms. The maximum atomic E-state index is 5.67. The van der Waals surface area contributed by atoms with Gasteiger partial charge in [-0.15, -0.1) is 12.4 Å². The zero-order valence-electron chi connectivity index (χ0n) is 8.59. The lowest BCUT2D eigenvalue weighted by Gasteiger charge is -2.22. The zero-order valence-corrected chi connectivity index (χ0v) is 11.0. The molecule has 0 aliphatic rings. The number of rotatable bonds is 3. The summed E-state index contributed by atoms with van der Waals surface area (Å²) in [6.45, 7) is 5.10. The highest BCUT2D eigenvalue weighted by Crippen LogP contribution is 2.21. The smallest absolute Gasteiger partial charge is 0.0175 e. The lowest BCUT2D eigenvalue weighted by molar-refractivity contribution is 0.377. The summed E-state index contributed by atoms with van der Waals surface area (Å²) in [5, 5.41) is 0. The summed E-state index contributed by atoms with van der Waals surface area (Å²) in [5.74, 6) is 0. The summed E-state index contributed by atoms with van der Waals surface area (Å²) < 4.78 is 1.13. The molecule has 0 heterocycles. The van der Waals surface area contributed by atoms with Gasteiger partial charge in [0, 0.05) is 4.47 Å². The molecule has 0 bridgehead atoms. The van der Waals surface area contributed by atoms with Gasteiger partial charge in [0.15, 0.2) is 0 Å². The van der Waals surface area contributed by atoms with Gasteiger partial charge in [-0.25, -0.2) is 0 Å². The van der Waals surface area contributed by atoms with Gasteiger partial charge in [-0.2, -0.15) is 0 Å². The van der Waals surface area contributed by atoms with Gasteiger partial charge in [0.1, 0.15) is 0 Å². The fourth-order valence-electron chi connectivity index (χ4n) is 1.23. The lowest BCUT2D eigenvalue weighted by atomic mass is 9.86. The second kappa shape index (κ2) is 5.74. The number of hydrogen-bond donors (Lipinski definition) is 1. The summed E-state index contributed by atoms with van der Waals surface area (Å²) >= 11 is 3.42. The van der Waals surface area contributed by atoms with E-state index >= 15 is 0 Å². The van der Waals surface area contributed by atoms with E-state index in [2.05, 4.69) is 54.0 Å². The molecule has 0 fully saturated rings. The molecule has 0 aromatic heterocycles. The highest BCUT2D eigenvalue weighted by molar-refractivity contribution is 9.10. The maximum absolute atomic E-state index is 5.67. The topological polar surface area (TPSA) is 26.0 Å². The average Bonchev–Trinajstić information content (AvgIpc) is 2.09. The van der Waals surface area contributed by atoms with Gasteiger partial charge < -0.3 is 5.73 Å². The predicted molar refractivity (Wildman–Crippen MR) is 67.9 cm³/mol. The van der Waals surface area contributed by atoms with Crippen molar-refractivity contribution in [3.63, 3.8) is 0 Å². The predicted octanol–water partition coefficient (Wildman–Crippen LogP) is 3.40. The fraction of sp³-hybridized carbons (Fsp3) is 0.455. The first-order valence-electron chi connectivity index (χ1n) is 4.48. The van der Waals surface area contributed by atoms with Crippen LogP contribution < -0.4 is 5.73 Å². The molecule has 0 saturated heterocycles. The van der Waals surface area contributed by atoms with E-state index in [-0.39, 0.29) is 17.8 Å². The van der Waals surface area contributed by atoms with Crippen molar-refractivity contribution in [2.75, 3.05) is 6.54 Å². The van der Waals surface area contributed by atoms with Gasteiger partial charge in [0.05, 0.1) is 0 Å². The molecule has 1 nitrogen and oxygen atoms in total. The van der Waals surface area contributed by atoms with Crippen molar-refractivity contribution in [3.05, 3.63) is 34.3 Å². The molecule has 80 valence electrons. The molecule has 0 unspecified atom stereocenters. The minimum atomic E-state index is 0. The van der Waals surface area contributed by atoms with Crippen LogP contribution in [0.25, 0.3) is 0 Å². The molecule has 0 atom stereocenters. The Morgan fingerprint density at radius 2 is 1.71 bits per heavy atom. The van der Waals surface area contributed by atoms with Crippen molar-refractivity contribution in [2.24, 2.45) is 11.1 Å². The zero-order chi connectivity index (χ0) is 9.90. The molecular formula is C11H17BrClN. The summed E-state index contributed by atoms with van der Waals surface area (Å²) in [4.78, 5) is 0. The van der Waals surface area contributed by atoms with Crippen molar-refractivity contribution < 1.29 is 0 Å². The van der Waals surface area contributed by atoms with Crippen molar-refractivity contribution in [3.8, 4) is 0 Å². The van der Waals surface area contributed by atoms with Crippen LogP contribution in [-0.4, -0.2) is 6.54 Å². The van der Waals surface area contributed by atoms with E-state index in [0.717, 1.165) is 17.4 Å². The van der Waals surface area contributed by atoms with Crippen LogP contribution in [0.5, 0.6) is 0 Å². The molecule has 0 radical (unpaired) electrons. The SMILES string of the molecule is CC(C)(CN)Cc1ccc(Br)cc1.Cl. The molecule has 0 amide bonds. The second-order valence-corrected chi connectivity index (χ2v) is 5.09. The van der Waals surface area contributed by atoms with Gasteiger partial charge >= 0.3 is 0 Å². The second-order valence-electron chi connectivity index (χ2n) is 4.17. The number of hydrogen-bond acceptors (Lipinski definition) is 1. The first-order chi connectivity index (χ1) is 6.03. The minimum Gasteiger partial charge on any atom is -0.330 e. The fourth-order valence-corrected chi connectivity index (χ4v) is 1.49. The third kappa shape index (κ3) is 4.45. The van der Waals surface area contributed by atoms with Crippen molar-refractivity contribution >= 4 is 28.3 Å². The van der Waals surface area contributed by atoms with E-state index in [1.807, 2.05) is 0 Å². The van der Waals surface area contributed by atoms with Gasteiger partial charge in [0.25, 0.3) is 0 Å². The third-order valence-corrected chi connectivity index (χ3v) is 2.68. The van der Waals surface area contributed by atoms with Crippen LogP contribution in [0.3, 0.4) is 0 Å². The molecular weight excluding hydrogens is 261 g/mol. The monoisotopic (exact) mass is 277 g/mol. The van der Waals surface area contributed by atoms with Gasteiger partial charge in [-0.05, 0) is 36.1 Å². The Balaban J connectivity index is 0.00000169. The minimum absolute atomic E-state index is 0. The van der Waals surface area contributed by atoms with Crippen LogP contribution in [0, 0.1) is 5.41 Å². The molecule has 1 aromatic carbocycles. The van der Waals surface area contributed by atoms with Gasteiger partial charge in [-0.1, -0.05) is 41.9 Å². The first kappa shape index (κ1) is 13.9. The molecule has 14 heavy (non-hydrogen) atoms. The standard InChI is InChI=1S/C11H16BrN.ClH/c1-11(2,8-13)7-9-3-5-10(12)6-4-9;/h3-6H,7-8,13H2,1-2H3;1H. The summed E-state index contributed by atoms with van der Waals surface area (Å²) in [5.41, 5.74) is 7.22. The van der Waals surface area contributed by atoms with Crippen molar-refractivity contribution in [2.45, 2.75) is 20.3 Å². The first-order valence-corrected chi connectivity index (χ1v) is 5.27. The quantitative estimate of drug-likeness (QED) is 0.901. The largest absolute Gasteiger partial charge is 0.330 e. The summed E-state index contributed by atoms with van der Waals surface area (Å²) in [6.07, 6.45) is 1.04. The van der Waals surface area contributed by atoms with E-state index in [4.69, 9.17) is 5.73 Å². The Kier molecular flexibility index (Phi) is 5.72. The van der Waals surface area contributed by atoms with Gasteiger partial charge in [0.2, 0.25) is 0 Å². The Morgan fingerprint density at radius 1 is 1.21 bits per heavy atom. The Bertz CT molecular complexity index is 269. The molecule has 0 aliphatic carbocycles. The van der Waals surface area contributed by atoms with Crippen LogP contribution in [0.2, 0.25) is 0 Å². The van der Waals surface area contributed by atoms with Crippen LogP contribution in [-0.2, 0) is 6.42 Å². The normalized spacial score (nSPS) is 10.9. The molecule has 2 N–H and O–H groups in total. The van der Waals surface area contributed by atoms with E-state index in [1.165, 1.54) is 5.56 Å². The van der Waals surface area contributed by atoms with Crippen LogP contribution in [0.15, 0.2) is 28.7 Å². The Morgan fingerprint density at radius 3 is 2.14 bits per heavy atom. The molecule has 0 aliphatic heterocycles. The summed E-state index contributed by atoms with van der Waals surface area (Å²) in [6, 6.07) is 8.42. The van der Waals surface area contributed by atoms with E-state index in [0.29, 0.717) is 0 Å². The number of benzene rings is 1. The van der Waals surface area contributed by atoms with Gasteiger partial charge in [-0.3, -0.25) is 0 Å². The molecule has 3 heteroatoms. The lowest BCUT2D eigenvalue weighted by Crippen LogP contribution is -2.25. The Labute approximate surface area is 101 Å². The van der Waals surface area contributed by atoms with Crippen LogP contribution >= 0.6 is 28.3 Å². The average molecular weight is 279 g/mol. The molecule has 0 saturated carbocycles. The highest BCUT2D eigenvalue weighted by Gasteiger charge is 2.15. The van der Waals surface area contributed by atoms with Crippen molar-refractivity contribution in [1.82, 2.24) is 0 Å². The molecule has 1 rings (SSSR count). The van der Waals surface area contributed by atoms with E-state index in [9.17, 15) is 0 Å².